The van der Waals surface area contributed by atoms with Gasteiger partial charge in [-0.25, -0.2) is 0 Å². The zero-order valence-electron chi connectivity index (χ0n) is 11.1. The molecule has 1 N–H and O–H groups in total. The lowest BCUT2D eigenvalue weighted by atomic mass is 9.87. The van der Waals surface area contributed by atoms with E-state index in [4.69, 9.17) is 4.74 Å². The van der Waals surface area contributed by atoms with Crippen LogP contribution in [-0.2, 0) is 5.41 Å². The summed E-state index contributed by atoms with van der Waals surface area (Å²) in [5, 5.41) is 3.37. The fraction of sp³-hybridized carbons (Fsp3) is 0.600. The molecule has 0 aromatic heterocycles. The number of piperidine rings is 1. The molecule has 0 aliphatic carbocycles. The molecule has 0 bridgehead atoms. The quantitative estimate of drug-likeness (QED) is 0.847. The minimum absolute atomic E-state index is 0.185. The smallest absolute Gasteiger partial charge is 0.120 e. The summed E-state index contributed by atoms with van der Waals surface area (Å²) in [6.07, 6.45) is 2.70. The molecule has 1 aromatic carbocycles. The predicted molar refractivity (Wildman–Crippen MR) is 71.7 cm³/mol. The van der Waals surface area contributed by atoms with Crippen LogP contribution in [0.15, 0.2) is 24.3 Å². The lowest BCUT2D eigenvalue weighted by Crippen LogP contribution is -2.37. The molecular weight excluding hydrogens is 210 g/mol. The fourth-order valence-electron chi connectivity index (χ4n) is 2.15. The largest absolute Gasteiger partial charge is 0.489 e. The van der Waals surface area contributed by atoms with Gasteiger partial charge in [-0.1, -0.05) is 32.9 Å². The molecule has 0 saturated carbocycles. The Balaban J connectivity index is 2.05. The molecule has 1 aliphatic heterocycles. The minimum Gasteiger partial charge on any atom is -0.489 e. The van der Waals surface area contributed by atoms with Gasteiger partial charge in [0.1, 0.15) is 11.9 Å². The Bertz CT molecular complexity index is 361. The highest BCUT2D eigenvalue weighted by Gasteiger charge is 2.17. The van der Waals surface area contributed by atoms with Crippen molar-refractivity contribution in [1.82, 2.24) is 5.32 Å². The van der Waals surface area contributed by atoms with Crippen LogP contribution in [0.5, 0.6) is 5.75 Å². The van der Waals surface area contributed by atoms with Crippen LogP contribution in [0.25, 0.3) is 0 Å². The van der Waals surface area contributed by atoms with Crippen molar-refractivity contribution in [3.8, 4) is 5.75 Å². The normalized spacial score (nSPS) is 21.2. The molecule has 0 radical (unpaired) electrons. The summed E-state index contributed by atoms with van der Waals surface area (Å²) in [6.45, 7) is 8.79. The zero-order chi connectivity index (χ0) is 12.3. The summed E-state index contributed by atoms with van der Waals surface area (Å²) in [5.74, 6) is 1.01. The van der Waals surface area contributed by atoms with Crippen molar-refractivity contribution < 1.29 is 4.74 Å². The van der Waals surface area contributed by atoms with Crippen molar-refractivity contribution in [2.45, 2.75) is 45.1 Å². The van der Waals surface area contributed by atoms with Crippen LogP contribution in [0.2, 0.25) is 0 Å². The lowest BCUT2D eigenvalue weighted by Gasteiger charge is -2.25. The molecule has 2 heteroatoms. The number of benzene rings is 1. The SMILES string of the molecule is CC(C)(C)c1cccc(OC2CCCNC2)c1. The number of ether oxygens (including phenoxy) is 1. The second-order valence-electron chi connectivity index (χ2n) is 5.86. The molecule has 2 rings (SSSR count). The second-order valence-corrected chi connectivity index (χ2v) is 5.86. The summed E-state index contributed by atoms with van der Waals surface area (Å²) in [4.78, 5) is 0. The van der Waals surface area contributed by atoms with E-state index in [0.29, 0.717) is 6.10 Å². The number of rotatable bonds is 2. The predicted octanol–water partition coefficient (Wildman–Crippen LogP) is 3.11. The van der Waals surface area contributed by atoms with Gasteiger partial charge in [-0.3, -0.25) is 0 Å². The molecule has 0 amide bonds. The lowest BCUT2D eigenvalue weighted by molar-refractivity contribution is 0.167. The monoisotopic (exact) mass is 233 g/mol. The van der Waals surface area contributed by atoms with Gasteiger partial charge in [-0.2, -0.15) is 0 Å². The van der Waals surface area contributed by atoms with Gasteiger partial charge < -0.3 is 10.1 Å². The van der Waals surface area contributed by atoms with E-state index < -0.39 is 0 Å². The molecule has 94 valence electrons. The molecule has 1 aromatic rings. The van der Waals surface area contributed by atoms with Crippen molar-refractivity contribution in [2.75, 3.05) is 13.1 Å². The van der Waals surface area contributed by atoms with Crippen LogP contribution in [0.3, 0.4) is 0 Å². The maximum absolute atomic E-state index is 6.03. The number of hydrogen-bond donors (Lipinski definition) is 1. The topological polar surface area (TPSA) is 21.3 Å². The van der Waals surface area contributed by atoms with E-state index in [-0.39, 0.29) is 5.41 Å². The van der Waals surface area contributed by atoms with E-state index in [9.17, 15) is 0 Å². The fourth-order valence-corrected chi connectivity index (χ4v) is 2.15. The molecule has 1 unspecified atom stereocenters. The van der Waals surface area contributed by atoms with Crippen LogP contribution in [0.4, 0.5) is 0 Å². The van der Waals surface area contributed by atoms with E-state index in [2.05, 4.69) is 50.4 Å². The summed E-state index contributed by atoms with van der Waals surface area (Å²) in [6, 6.07) is 8.50. The van der Waals surface area contributed by atoms with Crippen molar-refractivity contribution in [3.05, 3.63) is 29.8 Å². The summed E-state index contributed by atoms with van der Waals surface area (Å²) in [5.41, 5.74) is 1.52. The molecule has 17 heavy (non-hydrogen) atoms. The van der Waals surface area contributed by atoms with Crippen molar-refractivity contribution in [3.63, 3.8) is 0 Å². The second kappa shape index (κ2) is 5.09. The third-order valence-corrected chi connectivity index (χ3v) is 3.25. The van der Waals surface area contributed by atoms with Crippen molar-refractivity contribution in [2.24, 2.45) is 0 Å². The molecule has 1 atom stereocenters. The third kappa shape index (κ3) is 3.47. The highest BCUT2D eigenvalue weighted by molar-refractivity contribution is 5.32. The standard InChI is InChI=1S/C15H23NO/c1-15(2,3)12-6-4-7-13(10-12)17-14-8-5-9-16-11-14/h4,6-7,10,14,16H,5,8-9,11H2,1-3H3. The molecular formula is C15H23NO. The van der Waals surface area contributed by atoms with E-state index in [0.717, 1.165) is 25.3 Å². The van der Waals surface area contributed by atoms with Crippen LogP contribution in [-0.4, -0.2) is 19.2 Å². The molecule has 1 heterocycles. The number of nitrogens with one attached hydrogen (secondary N) is 1. The Labute approximate surface area is 104 Å². The maximum Gasteiger partial charge on any atom is 0.120 e. The van der Waals surface area contributed by atoms with Gasteiger partial charge in [-0.05, 0) is 42.5 Å². The summed E-state index contributed by atoms with van der Waals surface area (Å²) in [7, 11) is 0. The van der Waals surface area contributed by atoms with Gasteiger partial charge in [0.25, 0.3) is 0 Å². The van der Waals surface area contributed by atoms with Crippen LogP contribution in [0, 0.1) is 0 Å². The Morgan fingerprint density at radius 3 is 2.76 bits per heavy atom. The molecule has 0 spiro atoms. The van der Waals surface area contributed by atoms with Gasteiger partial charge in [0, 0.05) is 6.54 Å². The highest BCUT2D eigenvalue weighted by Crippen LogP contribution is 2.26. The van der Waals surface area contributed by atoms with Gasteiger partial charge in [0.15, 0.2) is 0 Å². The van der Waals surface area contributed by atoms with E-state index >= 15 is 0 Å². The molecule has 1 aliphatic rings. The summed E-state index contributed by atoms with van der Waals surface area (Å²) >= 11 is 0. The average Bonchev–Trinajstić information content (AvgIpc) is 2.29. The van der Waals surface area contributed by atoms with Crippen LogP contribution >= 0.6 is 0 Å². The Morgan fingerprint density at radius 1 is 1.29 bits per heavy atom. The van der Waals surface area contributed by atoms with Gasteiger partial charge in [-0.15, -0.1) is 0 Å². The summed E-state index contributed by atoms with van der Waals surface area (Å²) < 4.78 is 6.03. The van der Waals surface area contributed by atoms with Crippen LogP contribution < -0.4 is 10.1 Å². The Morgan fingerprint density at radius 2 is 2.12 bits per heavy atom. The minimum atomic E-state index is 0.185. The molecule has 1 saturated heterocycles. The van der Waals surface area contributed by atoms with Gasteiger partial charge in [0.05, 0.1) is 0 Å². The Kier molecular flexibility index (Phi) is 3.72. The van der Waals surface area contributed by atoms with E-state index in [1.165, 1.54) is 12.0 Å². The number of hydrogen-bond acceptors (Lipinski definition) is 2. The highest BCUT2D eigenvalue weighted by atomic mass is 16.5. The van der Waals surface area contributed by atoms with Crippen LogP contribution in [0.1, 0.15) is 39.2 Å². The molecule has 1 fully saturated rings. The van der Waals surface area contributed by atoms with Crippen molar-refractivity contribution in [1.29, 1.82) is 0 Å². The zero-order valence-corrected chi connectivity index (χ0v) is 11.1. The first-order chi connectivity index (χ1) is 8.05. The van der Waals surface area contributed by atoms with Gasteiger partial charge in [0.2, 0.25) is 0 Å². The first-order valence-corrected chi connectivity index (χ1v) is 6.53. The van der Waals surface area contributed by atoms with E-state index in [1.54, 1.807) is 0 Å². The maximum atomic E-state index is 6.03. The van der Waals surface area contributed by atoms with Gasteiger partial charge >= 0.3 is 0 Å². The first-order valence-electron chi connectivity index (χ1n) is 6.53. The average molecular weight is 233 g/mol. The molecule has 2 nitrogen and oxygen atoms in total. The third-order valence-electron chi connectivity index (χ3n) is 3.25. The van der Waals surface area contributed by atoms with Crippen molar-refractivity contribution >= 4 is 0 Å². The Hall–Kier alpha value is -1.02. The van der Waals surface area contributed by atoms with E-state index in [1.807, 2.05) is 0 Å². The first kappa shape index (κ1) is 12.4.